The quantitative estimate of drug-likeness (QED) is 0.859. The van der Waals surface area contributed by atoms with Gasteiger partial charge in [-0.05, 0) is 31.4 Å². The van der Waals surface area contributed by atoms with Crippen LogP contribution in [-0.4, -0.2) is 36.7 Å². The van der Waals surface area contributed by atoms with Gasteiger partial charge in [-0.2, -0.15) is 0 Å². The molecule has 3 saturated carbocycles. The molecule has 2 aromatic heterocycles. The first kappa shape index (κ1) is 11.6. The first-order chi connectivity index (χ1) is 9.58. The summed E-state index contributed by atoms with van der Waals surface area (Å²) in [6.45, 7) is 0. The second-order valence-electron chi connectivity index (χ2n) is 5.84. The van der Waals surface area contributed by atoms with Crippen LogP contribution in [0.15, 0.2) is 36.9 Å². The molecule has 0 radical (unpaired) electrons. The van der Waals surface area contributed by atoms with Gasteiger partial charge in [-0.3, -0.25) is 9.36 Å². The Bertz CT molecular complexity index is 660. The molecule has 102 valence electrons. The van der Waals surface area contributed by atoms with Gasteiger partial charge in [0.1, 0.15) is 17.8 Å². The predicted molar refractivity (Wildman–Crippen MR) is 70.4 cm³/mol. The molecule has 2 heterocycles. The van der Waals surface area contributed by atoms with Gasteiger partial charge in [0.15, 0.2) is 0 Å². The highest BCUT2D eigenvalue weighted by atomic mass is 16.3. The molecule has 0 saturated heterocycles. The summed E-state index contributed by atoms with van der Waals surface area (Å²) in [5.74, 6) is 0.472. The summed E-state index contributed by atoms with van der Waals surface area (Å²) in [5.41, 5.74) is -0.328. The van der Waals surface area contributed by atoms with Crippen LogP contribution < -0.4 is 5.32 Å². The maximum absolute atomic E-state index is 12.2. The van der Waals surface area contributed by atoms with Gasteiger partial charge < -0.3 is 10.4 Å². The van der Waals surface area contributed by atoms with Crippen molar-refractivity contribution in [3.8, 4) is 5.82 Å². The van der Waals surface area contributed by atoms with Crippen molar-refractivity contribution in [3.63, 3.8) is 0 Å². The Kier molecular flexibility index (Phi) is 2.13. The summed E-state index contributed by atoms with van der Waals surface area (Å²) in [5, 5.41) is 12.7. The molecule has 0 aliphatic heterocycles. The molecule has 3 aliphatic carbocycles. The standard InChI is InChI=1S/C14H14N4O2/c19-12(17-13-6-14(20,7-13)8-13)10-2-1-3-11(16-10)18-5-4-15-9-18/h1-5,9,20H,6-8H2,(H,17,19). The first-order valence-electron chi connectivity index (χ1n) is 6.58. The van der Waals surface area contributed by atoms with Crippen LogP contribution in [0.2, 0.25) is 0 Å². The number of hydrogen-bond donors (Lipinski definition) is 2. The zero-order valence-electron chi connectivity index (χ0n) is 10.8. The lowest BCUT2D eigenvalue weighted by atomic mass is 9.46. The Morgan fingerprint density at radius 2 is 2.15 bits per heavy atom. The summed E-state index contributed by atoms with van der Waals surface area (Å²) in [4.78, 5) is 20.5. The van der Waals surface area contributed by atoms with Gasteiger partial charge in [0, 0.05) is 17.9 Å². The van der Waals surface area contributed by atoms with Gasteiger partial charge in [-0.25, -0.2) is 9.97 Å². The number of carbonyl (C=O) groups is 1. The van der Waals surface area contributed by atoms with Crippen LogP contribution in [0.3, 0.4) is 0 Å². The van der Waals surface area contributed by atoms with E-state index in [1.54, 1.807) is 35.4 Å². The first-order valence-corrected chi connectivity index (χ1v) is 6.58. The van der Waals surface area contributed by atoms with E-state index in [2.05, 4.69) is 15.3 Å². The minimum Gasteiger partial charge on any atom is -0.390 e. The van der Waals surface area contributed by atoms with Gasteiger partial charge >= 0.3 is 0 Å². The minimum atomic E-state index is -0.515. The van der Waals surface area contributed by atoms with E-state index in [0.29, 0.717) is 30.8 Å². The molecular formula is C14H14N4O2. The molecule has 2 aromatic rings. The van der Waals surface area contributed by atoms with Crippen molar-refractivity contribution in [1.29, 1.82) is 0 Å². The highest BCUT2D eigenvalue weighted by Gasteiger charge is 2.68. The van der Waals surface area contributed by atoms with Crippen LogP contribution in [0.5, 0.6) is 0 Å². The zero-order valence-corrected chi connectivity index (χ0v) is 10.8. The Balaban J connectivity index is 1.54. The summed E-state index contributed by atoms with van der Waals surface area (Å²) in [6, 6.07) is 5.31. The topological polar surface area (TPSA) is 80.0 Å². The maximum Gasteiger partial charge on any atom is 0.270 e. The molecule has 6 heteroatoms. The van der Waals surface area contributed by atoms with E-state index in [1.165, 1.54) is 0 Å². The number of nitrogens with one attached hydrogen (secondary N) is 1. The fourth-order valence-electron chi connectivity index (χ4n) is 3.26. The fraction of sp³-hybridized carbons (Fsp3) is 0.357. The molecular weight excluding hydrogens is 256 g/mol. The number of aromatic nitrogens is 3. The van der Waals surface area contributed by atoms with Crippen LogP contribution in [0, 0.1) is 0 Å². The zero-order chi connectivity index (χ0) is 13.8. The van der Waals surface area contributed by atoms with Crippen molar-refractivity contribution in [1.82, 2.24) is 19.9 Å². The van der Waals surface area contributed by atoms with Crippen LogP contribution in [0.1, 0.15) is 29.8 Å². The van der Waals surface area contributed by atoms with Gasteiger partial charge in [0.05, 0.1) is 5.60 Å². The lowest BCUT2D eigenvalue weighted by Crippen LogP contribution is -2.78. The minimum absolute atomic E-state index is 0.186. The predicted octanol–water partition coefficient (Wildman–Crippen LogP) is 0.664. The molecule has 20 heavy (non-hydrogen) atoms. The van der Waals surface area contributed by atoms with Gasteiger partial charge in [-0.1, -0.05) is 6.07 Å². The lowest BCUT2D eigenvalue weighted by molar-refractivity contribution is -0.215. The third kappa shape index (κ3) is 1.65. The summed E-state index contributed by atoms with van der Waals surface area (Å²) in [6.07, 6.45) is 7.06. The average molecular weight is 270 g/mol. The molecule has 1 amide bonds. The second kappa shape index (κ2) is 3.67. The Morgan fingerprint density at radius 3 is 2.80 bits per heavy atom. The molecule has 2 bridgehead atoms. The van der Waals surface area contributed by atoms with E-state index in [9.17, 15) is 9.90 Å². The number of aliphatic hydroxyl groups is 1. The van der Waals surface area contributed by atoms with E-state index in [-0.39, 0.29) is 11.4 Å². The molecule has 0 atom stereocenters. The van der Waals surface area contributed by atoms with Crippen LogP contribution in [0.25, 0.3) is 5.82 Å². The summed E-state index contributed by atoms with van der Waals surface area (Å²) < 4.78 is 1.75. The van der Waals surface area contributed by atoms with Crippen molar-refractivity contribution >= 4 is 5.91 Å². The smallest absolute Gasteiger partial charge is 0.270 e. The Labute approximate surface area is 115 Å². The molecule has 0 aromatic carbocycles. The number of rotatable bonds is 3. The SMILES string of the molecule is O=C(NC12CC(O)(C1)C2)c1cccc(-n2ccnc2)n1. The summed E-state index contributed by atoms with van der Waals surface area (Å²) in [7, 11) is 0. The number of nitrogens with zero attached hydrogens (tertiary/aromatic N) is 3. The van der Waals surface area contributed by atoms with Crippen molar-refractivity contribution in [2.75, 3.05) is 0 Å². The van der Waals surface area contributed by atoms with Gasteiger partial charge in [-0.15, -0.1) is 0 Å². The third-order valence-corrected chi connectivity index (χ3v) is 4.12. The largest absolute Gasteiger partial charge is 0.390 e. The van der Waals surface area contributed by atoms with E-state index in [0.717, 1.165) is 0 Å². The molecule has 6 nitrogen and oxygen atoms in total. The third-order valence-electron chi connectivity index (χ3n) is 4.12. The van der Waals surface area contributed by atoms with Crippen molar-refractivity contribution in [2.45, 2.75) is 30.4 Å². The maximum atomic E-state index is 12.2. The van der Waals surface area contributed by atoms with Crippen LogP contribution in [-0.2, 0) is 0 Å². The average Bonchev–Trinajstić information content (AvgIpc) is 2.89. The highest BCUT2D eigenvalue weighted by molar-refractivity contribution is 5.93. The van der Waals surface area contributed by atoms with Crippen molar-refractivity contribution < 1.29 is 9.90 Å². The number of amides is 1. The Hall–Kier alpha value is -2.21. The molecule has 0 unspecified atom stereocenters. The number of carbonyl (C=O) groups excluding carboxylic acids is 1. The number of pyridine rings is 1. The number of hydrogen-bond acceptors (Lipinski definition) is 4. The van der Waals surface area contributed by atoms with Crippen molar-refractivity contribution in [2.24, 2.45) is 0 Å². The van der Waals surface area contributed by atoms with Gasteiger partial charge in [0.2, 0.25) is 0 Å². The van der Waals surface area contributed by atoms with E-state index in [4.69, 9.17) is 0 Å². The number of imidazole rings is 1. The monoisotopic (exact) mass is 270 g/mol. The molecule has 3 fully saturated rings. The normalized spacial score (nSPS) is 30.2. The molecule has 3 aliphatic rings. The van der Waals surface area contributed by atoms with E-state index < -0.39 is 5.60 Å². The van der Waals surface area contributed by atoms with Crippen LogP contribution in [0.4, 0.5) is 0 Å². The lowest BCUT2D eigenvalue weighted by Gasteiger charge is -2.67. The highest BCUT2D eigenvalue weighted by Crippen LogP contribution is 2.60. The van der Waals surface area contributed by atoms with E-state index >= 15 is 0 Å². The fourth-order valence-corrected chi connectivity index (χ4v) is 3.26. The molecule has 2 N–H and O–H groups in total. The molecule has 0 spiro atoms. The van der Waals surface area contributed by atoms with E-state index in [1.807, 2.05) is 6.07 Å². The second-order valence-corrected chi connectivity index (χ2v) is 5.84. The Morgan fingerprint density at radius 1 is 1.35 bits per heavy atom. The van der Waals surface area contributed by atoms with Crippen LogP contribution >= 0.6 is 0 Å². The molecule has 5 rings (SSSR count). The summed E-state index contributed by atoms with van der Waals surface area (Å²) >= 11 is 0. The van der Waals surface area contributed by atoms with Gasteiger partial charge in [0.25, 0.3) is 5.91 Å². The van der Waals surface area contributed by atoms with Crippen molar-refractivity contribution in [3.05, 3.63) is 42.6 Å².